The van der Waals surface area contributed by atoms with E-state index in [0.29, 0.717) is 6.04 Å². The Kier molecular flexibility index (Phi) is 4.17. The number of hydrogen-bond donors (Lipinski definition) is 2. The van der Waals surface area contributed by atoms with Crippen LogP contribution in [0.15, 0.2) is 36.8 Å². The fourth-order valence-electron chi connectivity index (χ4n) is 3.67. The highest BCUT2D eigenvalue weighted by atomic mass is 15.2. The van der Waals surface area contributed by atoms with E-state index in [-0.39, 0.29) is 0 Å². The van der Waals surface area contributed by atoms with Crippen molar-refractivity contribution in [2.24, 2.45) is 5.92 Å². The summed E-state index contributed by atoms with van der Waals surface area (Å²) < 4.78 is 1.96. The zero-order valence-corrected chi connectivity index (χ0v) is 15.1. The zero-order valence-electron chi connectivity index (χ0n) is 15.1. The minimum atomic E-state index is 0.699. The van der Waals surface area contributed by atoms with Gasteiger partial charge in [0, 0.05) is 36.1 Å². The molecular weight excluding hydrogens is 310 g/mol. The molecule has 3 aromatic rings. The van der Waals surface area contributed by atoms with Crippen molar-refractivity contribution in [3.05, 3.63) is 47.9 Å². The molecule has 0 spiro atoms. The molecule has 4 rings (SSSR count). The number of pyridine rings is 2. The van der Waals surface area contributed by atoms with Gasteiger partial charge in [-0.1, -0.05) is 0 Å². The number of fused-ring (bicyclic) bond motifs is 1. The second-order valence-electron chi connectivity index (χ2n) is 7.19. The molecule has 0 amide bonds. The van der Waals surface area contributed by atoms with Crippen molar-refractivity contribution in [2.45, 2.75) is 32.7 Å². The molecule has 130 valence electrons. The van der Waals surface area contributed by atoms with Gasteiger partial charge >= 0.3 is 0 Å². The lowest BCUT2D eigenvalue weighted by Crippen LogP contribution is -2.41. The second kappa shape index (κ2) is 6.48. The molecule has 3 heterocycles. The van der Waals surface area contributed by atoms with Gasteiger partial charge in [-0.25, -0.2) is 9.50 Å². The van der Waals surface area contributed by atoms with E-state index in [4.69, 9.17) is 0 Å². The summed E-state index contributed by atoms with van der Waals surface area (Å²) in [6.45, 7) is 5.20. The molecule has 1 aliphatic rings. The lowest BCUT2D eigenvalue weighted by Gasteiger charge is -2.35. The molecule has 0 radical (unpaired) electrons. The van der Waals surface area contributed by atoms with Gasteiger partial charge in [0.1, 0.15) is 5.82 Å². The summed E-state index contributed by atoms with van der Waals surface area (Å²) in [5, 5.41) is 11.2. The SMILES string of the molecule is CNC1CC(CNc2ccc(-c3cc(C)cn4ncc(C)c34)cn2)C1. The highest BCUT2D eigenvalue weighted by Gasteiger charge is 2.27. The maximum absolute atomic E-state index is 4.62. The Bertz CT molecular complexity index is 875. The van der Waals surface area contributed by atoms with Crippen LogP contribution in [0.25, 0.3) is 16.6 Å². The Hall–Kier alpha value is -2.40. The van der Waals surface area contributed by atoms with Gasteiger partial charge in [0.15, 0.2) is 0 Å². The minimum Gasteiger partial charge on any atom is -0.370 e. The van der Waals surface area contributed by atoms with Crippen LogP contribution in [0, 0.1) is 19.8 Å². The number of anilines is 1. The monoisotopic (exact) mass is 335 g/mol. The van der Waals surface area contributed by atoms with Crippen LogP contribution < -0.4 is 10.6 Å². The van der Waals surface area contributed by atoms with Crippen molar-refractivity contribution in [1.82, 2.24) is 19.9 Å². The average Bonchev–Trinajstić information content (AvgIpc) is 2.94. The van der Waals surface area contributed by atoms with Crippen LogP contribution in [0.4, 0.5) is 5.82 Å². The Morgan fingerprint density at radius 1 is 1.20 bits per heavy atom. The summed E-state index contributed by atoms with van der Waals surface area (Å²) in [6, 6.07) is 7.13. The number of hydrogen-bond acceptors (Lipinski definition) is 4. The van der Waals surface area contributed by atoms with Crippen LogP contribution >= 0.6 is 0 Å². The molecule has 0 unspecified atom stereocenters. The third-order valence-electron chi connectivity index (χ3n) is 5.22. The van der Waals surface area contributed by atoms with Crippen molar-refractivity contribution in [3.8, 4) is 11.1 Å². The van der Waals surface area contributed by atoms with E-state index < -0.39 is 0 Å². The van der Waals surface area contributed by atoms with Crippen LogP contribution in [-0.2, 0) is 0 Å². The Balaban J connectivity index is 1.52. The van der Waals surface area contributed by atoms with Gasteiger partial charge in [-0.2, -0.15) is 5.10 Å². The summed E-state index contributed by atoms with van der Waals surface area (Å²) in [5.74, 6) is 1.70. The lowest BCUT2D eigenvalue weighted by molar-refractivity contribution is 0.246. The molecule has 0 bridgehead atoms. The van der Waals surface area contributed by atoms with Gasteiger partial charge < -0.3 is 10.6 Å². The molecule has 2 N–H and O–H groups in total. The quantitative estimate of drug-likeness (QED) is 0.750. The summed E-state index contributed by atoms with van der Waals surface area (Å²) in [4.78, 5) is 4.62. The molecule has 5 heteroatoms. The third kappa shape index (κ3) is 3.12. The fraction of sp³-hybridized carbons (Fsp3) is 0.400. The van der Waals surface area contributed by atoms with Crippen molar-refractivity contribution >= 4 is 11.3 Å². The normalized spacial score (nSPS) is 19.8. The van der Waals surface area contributed by atoms with Crippen LogP contribution in [-0.4, -0.2) is 34.2 Å². The zero-order chi connectivity index (χ0) is 17.4. The molecule has 5 nitrogen and oxygen atoms in total. The number of rotatable bonds is 5. The number of aryl methyl sites for hydroxylation is 2. The van der Waals surface area contributed by atoms with E-state index in [1.807, 2.05) is 24.0 Å². The molecule has 0 saturated heterocycles. The molecular formula is C20H25N5. The van der Waals surface area contributed by atoms with Crippen molar-refractivity contribution in [3.63, 3.8) is 0 Å². The minimum absolute atomic E-state index is 0.699. The second-order valence-corrected chi connectivity index (χ2v) is 7.19. The van der Waals surface area contributed by atoms with Gasteiger partial charge in [0.2, 0.25) is 0 Å². The van der Waals surface area contributed by atoms with E-state index in [1.165, 1.54) is 29.5 Å². The lowest BCUT2D eigenvalue weighted by atomic mass is 9.80. The van der Waals surface area contributed by atoms with Gasteiger partial charge in [0.25, 0.3) is 0 Å². The van der Waals surface area contributed by atoms with Crippen LogP contribution in [0.3, 0.4) is 0 Å². The number of nitrogens with one attached hydrogen (secondary N) is 2. The van der Waals surface area contributed by atoms with E-state index in [0.717, 1.165) is 29.4 Å². The predicted octanol–water partition coefficient (Wildman–Crippen LogP) is 3.42. The standard InChI is InChI=1S/C20H25N5/c1-13-6-18(20-14(2)9-24-25(20)12-13)16-4-5-19(23-11-16)22-10-15-7-17(8-15)21-3/h4-6,9,11-12,15,17,21H,7-8,10H2,1-3H3,(H,22,23). The van der Waals surface area contributed by atoms with Crippen molar-refractivity contribution in [2.75, 3.05) is 18.9 Å². The smallest absolute Gasteiger partial charge is 0.125 e. The first-order valence-electron chi connectivity index (χ1n) is 8.96. The fourth-order valence-corrected chi connectivity index (χ4v) is 3.67. The molecule has 1 aliphatic carbocycles. The first-order chi connectivity index (χ1) is 12.1. The molecule has 1 saturated carbocycles. The Labute approximate surface area is 148 Å². The third-order valence-corrected chi connectivity index (χ3v) is 5.22. The molecule has 1 fully saturated rings. The maximum Gasteiger partial charge on any atom is 0.125 e. The highest BCUT2D eigenvalue weighted by molar-refractivity contribution is 5.82. The largest absolute Gasteiger partial charge is 0.370 e. The molecule has 0 atom stereocenters. The highest BCUT2D eigenvalue weighted by Crippen LogP contribution is 2.29. The summed E-state index contributed by atoms with van der Waals surface area (Å²) >= 11 is 0. The average molecular weight is 335 g/mol. The first kappa shape index (κ1) is 16.1. The van der Waals surface area contributed by atoms with E-state index in [2.05, 4.69) is 59.0 Å². The molecule has 0 aromatic carbocycles. The Morgan fingerprint density at radius 3 is 2.76 bits per heavy atom. The van der Waals surface area contributed by atoms with E-state index >= 15 is 0 Å². The van der Waals surface area contributed by atoms with Crippen LogP contribution in [0.1, 0.15) is 24.0 Å². The van der Waals surface area contributed by atoms with Gasteiger partial charge in [0.05, 0.1) is 11.7 Å². The van der Waals surface area contributed by atoms with Crippen LogP contribution in [0.5, 0.6) is 0 Å². The van der Waals surface area contributed by atoms with Crippen molar-refractivity contribution in [1.29, 1.82) is 0 Å². The molecule has 25 heavy (non-hydrogen) atoms. The molecule has 0 aliphatic heterocycles. The van der Waals surface area contributed by atoms with E-state index in [9.17, 15) is 0 Å². The van der Waals surface area contributed by atoms with Crippen LogP contribution in [0.2, 0.25) is 0 Å². The summed E-state index contributed by atoms with van der Waals surface area (Å²) in [5.41, 5.74) is 5.84. The first-order valence-corrected chi connectivity index (χ1v) is 8.96. The Morgan fingerprint density at radius 2 is 2.04 bits per heavy atom. The summed E-state index contributed by atoms with van der Waals surface area (Å²) in [6.07, 6.45) is 8.44. The number of nitrogens with zero attached hydrogens (tertiary/aromatic N) is 3. The van der Waals surface area contributed by atoms with Gasteiger partial charge in [-0.15, -0.1) is 0 Å². The number of aromatic nitrogens is 3. The maximum atomic E-state index is 4.62. The van der Waals surface area contributed by atoms with Crippen molar-refractivity contribution < 1.29 is 0 Å². The molecule has 3 aromatic heterocycles. The predicted molar refractivity (Wildman–Crippen MR) is 102 cm³/mol. The summed E-state index contributed by atoms with van der Waals surface area (Å²) in [7, 11) is 2.04. The van der Waals surface area contributed by atoms with Gasteiger partial charge in [-0.3, -0.25) is 0 Å². The van der Waals surface area contributed by atoms with E-state index in [1.54, 1.807) is 0 Å². The van der Waals surface area contributed by atoms with Gasteiger partial charge in [-0.05, 0) is 69.0 Å². The topological polar surface area (TPSA) is 54.2 Å².